The molecule has 130 valence electrons. The average Bonchev–Trinajstić information content (AvgIpc) is 3.12. The predicted octanol–water partition coefficient (Wildman–Crippen LogP) is 2.54. The molecule has 1 aromatic rings. The maximum atomic E-state index is 12.5. The first-order chi connectivity index (χ1) is 11.8. The van der Waals surface area contributed by atoms with Crippen LogP contribution in [0.3, 0.4) is 0 Å². The third-order valence-electron chi connectivity index (χ3n) is 6.26. The van der Waals surface area contributed by atoms with Crippen molar-refractivity contribution in [2.75, 3.05) is 32.8 Å². The second kappa shape index (κ2) is 6.85. The van der Waals surface area contributed by atoms with Crippen LogP contribution in [0, 0.1) is 11.8 Å². The predicted molar refractivity (Wildman–Crippen MR) is 93.6 cm³/mol. The van der Waals surface area contributed by atoms with Crippen molar-refractivity contribution in [2.24, 2.45) is 11.8 Å². The van der Waals surface area contributed by atoms with Gasteiger partial charge < -0.3 is 10.1 Å². The van der Waals surface area contributed by atoms with Crippen LogP contribution in [0.2, 0.25) is 0 Å². The number of nitrogens with one attached hydrogen (secondary N) is 1. The van der Waals surface area contributed by atoms with Crippen LogP contribution in [-0.4, -0.2) is 43.7 Å². The lowest BCUT2D eigenvalue weighted by molar-refractivity contribution is -0.142. The first kappa shape index (κ1) is 16.1. The summed E-state index contributed by atoms with van der Waals surface area (Å²) < 4.78 is 5.39. The molecule has 2 saturated heterocycles. The van der Waals surface area contributed by atoms with Gasteiger partial charge in [0.05, 0.1) is 18.7 Å². The summed E-state index contributed by atoms with van der Waals surface area (Å²) in [6.45, 7) is 3.98. The van der Waals surface area contributed by atoms with Gasteiger partial charge in [-0.2, -0.15) is 0 Å². The Morgan fingerprint density at radius 3 is 2.88 bits per heavy atom. The van der Waals surface area contributed by atoms with E-state index in [9.17, 15) is 4.79 Å². The van der Waals surface area contributed by atoms with Crippen LogP contribution >= 0.6 is 0 Å². The lowest BCUT2D eigenvalue weighted by Gasteiger charge is -2.61. The second-order valence-corrected chi connectivity index (χ2v) is 7.65. The van der Waals surface area contributed by atoms with Crippen LogP contribution in [-0.2, 0) is 15.1 Å². The second-order valence-electron chi connectivity index (χ2n) is 7.65. The van der Waals surface area contributed by atoms with Gasteiger partial charge in [0.15, 0.2) is 0 Å². The molecule has 1 N–H and O–H groups in total. The third kappa shape index (κ3) is 2.86. The van der Waals surface area contributed by atoms with Crippen LogP contribution in [0.4, 0.5) is 0 Å². The molecule has 0 aromatic heterocycles. The number of hydrogen-bond acceptors (Lipinski definition) is 3. The lowest BCUT2D eigenvalue weighted by atomic mass is 9.62. The van der Waals surface area contributed by atoms with Crippen LogP contribution in [0.25, 0.3) is 0 Å². The lowest BCUT2D eigenvalue weighted by Crippen LogP contribution is -2.67. The third-order valence-corrected chi connectivity index (χ3v) is 6.26. The van der Waals surface area contributed by atoms with Crippen molar-refractivity contribution in [3.8, 4) is 0 Å². The van der Waals surface area contributed by atoms with Crippen LogP contribution < -0.4 is 5.32 Å². The molecule has 2 heterocycles. The van der Waals surface area contributed by atoms with Gasteiger partial charge in [0, 0.05) is 25.6 Å². The molecule has 4 nitrogen and oxygen atoms in total. The van der Waals surface area contributed by atoms with Crippen molar-refractivity contribution < 1.29 is 9.53 Å². The molecule has 0 spiro atoms. The molecule has 4 rings (SSSR count). The summed E-state index contributed by atoms with van der Waals surface area (Å²) in [5, 5.41) is 3.13. The number of rotatable bonds is 5. The molecule has 1 saturated carbocycles. The number of ether oxygens (including phenoxy) is 1. The largest absolute Gasteiger partial charge is 0.381 e. The molecule has 3 aliphatic rings. The minimum atomic E-state index is 0.104. The molecular weight excluding hydrogens is 300 g/mol. The number of hydrogen-bond donors (Lipinski definition) is 1. The fourth-order valence-electron chi connectivity index (χ4n) is 4.93. The summed E-state index contributed by atoms with van der Waals surface area (Å²) in [6.07, 6.45) is 6.15. The maximum absolute atomic E-state index is 12.5. The van der Waals surface area contributed by atoms with E-state index in [1.165, 1.54) is 31.2 Å². The normalized spacial score (nSPS) is 32.8. The highest BCUT2D eigenvalue weighted by molar-refractivity contribution is 5.78. The zero-order chi connectivity index (χ0) is 16.4. The van der Waals surface area contributed by atoms with Crippen molar-refractivity contribution in [3.05, 3.63) is 35.9 Å². The number of fused-ring (bicyclic) bond motifs is 1. The monoisotopic (exact) mass is 328 g/mol. The van der Waals surface area contributed by atoms with Crippen molar-refractivity contribution in [2.45, 2.75) is 37.6 Å². The van der Waals surface area contributed by atoms with Crippen LogP contribution in [0.15, 0.2) is 30.3 Å². The fraction of sp³-hybridized carbons (Fsp3) is 0.650. The minimum absolute atomic E-state index is 0.104. The molecular formula is C20H28N2O2. The van der Waals surface area contributed by atoms with E-state index in [0.717, 1.165) is 32.7 Å². The van der Waals surface area contributed by atoms with Gasteiger partial charge in [0.2, 0.25) is 5.91 Å². The van der Waals surface area contributed by atoms with Crippen LogP contribution in [0.5, 0.6) is 0 Å². The molecule has 1 aliphatic carbocycles. The Hall–Kier alpha value is -1.39. The summed E-state index contributed by atoms with van der Waals surface area (Å²) >= 11 is 0. The van der Waals surface area contributed by atoms with Crippen LogP contribution in [0.1, 0.15) is 37.7 Å². The highest BCUT2D eigenvalue weighted by Gasteiger charge is 2.55. The Morgan fingerprint density at radius 1 is 1.25 bits per heavy atom. The van der Waals surface area contributed by atoms with Gasteiger partial charge in [-0.25, -0.2) is 0 Å². The Balaban J connectivity index is 1.41. The quantitative estimate of drug-likeness (QED) is 0.903. The van der Waals surface area contributed by atoms with Crippen molar-refractivity contribution >= 4 is 5.91 Å². The summed E-state index contributed by atoms with van der Waals surface area (Å²) in [5.41, 5.74) is 1.51. The van der Waals surface area contributed by atoms with E-state index in [2.05, 4.69) is 40.5 Å². The van der Waals surface area contributed by atoms with Gasteiger partial charge in [-0.05, 0) is 30.7 Å². The SMILES string of the molecule is O=C(CN1C[C@@H]2CCCC[C@]21c1ccccc1)NC[C@H]1CCOC1. The maximum Gasteiger partial charge on any atom is 0.234 e. The number of nitrogens with zero attached hydrogens (tertiary/aromatic N) is 1. The number of carbonyl (C=O) groups excluding carboxylic acids is 1. The first-order valence-corrected chi connectivity index (χ1v) is 9.44. The molecule has 1 aromatic carbocycles. The first-order valence-electron chi connectivity index (χ1n) is 9.44. The van der Waals surface area contributed by atoms with E-state index in [4.69, 9.17) is 4.74 Å². The smallest absolute Gasteiger partial charge is 0.234 e. The Morgan fingerprint density at radius 2 is 2.12 bits per heavy atom. The molecule has 1 amide bonds. The van der Waals surface area contributed by atoms with Crippen molar-refractivity contribution in [1.29, 1.82) is 0 Å². The van der Waals surface area contributed by atoms with Gasteiger partial charge in [-0.3, -0.25) is 9.69 Å². The molecule has 0 bridgehead atoms. The molecule has 4 heteroatoms. The van der Waals surface area contributed by atoms with Gasteiger partial charge in [-0.15, -0.1) is 0 Å². The van der Waals surface area contributed by atoms with Crippen molar-refractivity contribution in [3.63, 3.8) is 0 Å². The van der Waals surface area contributed by atoms with Gasteiger partial charge in [0.1, 0.15) is 0 Å². The molecule has 24 heavy (non-hydrogen) atoms. The zero-order valence-corrected chi connectivity index (χ0v) is 14.4. The Bertz CT molecular complexity index is 570. The van der Waals surface area contributed by atoms with Gasteiger partial charge in [0.25, 0.3) is 0 Å². The van der Waals surface area contributed by atoms with E-state index < -0.39 is 0 Å². The molecule has 0 radical (unpaired) electrons. The summed E-state index contributed by atoms with van der Waals surface area (Å²) in [4.78, 5) is 14.9. The van der Waals surface area contributed by atoms with Gasteiger partial charge >= 0.3 is 0 Å². The molecule has 2 aliphatic heterocycles. The van der Waals surface area contributed by atoms with E-state index in [0.29, 0.717) is 18.4 Å². The molecule has 0 unspecified atom stereocenters. The Labute approximate surface area is 144 Å². The molecule has 3 fully saturated rings. The van der Waals surface area contributed by atoms with E-state index in [1.807, 2.05) is 0 Å². The highest BCUT2D eigenvalue weighted by Crippen LogP contribution is 2.53. The summed E-state index contributed by atoms with van der Waals surface area (Å²) in [5.74, 6) is 1.38. The fourth-order valence-corrected chi connectivity index (χ4v) is 4.93. The van der Waals surface area contributed by atoms with Crippen molar-refractivity contribution in [1.82, 2.24) is 10.2 Å². The number of carbonyl (C=O) groups is 1. The summed E-state index contributed by atoms with van der Waals surface area (Å²) in [6, 6.07) is 10.8. The average molecular weight is 328 g/mol. The summed E-state index contributed by atoms with van der Waals surface area (Å²) in [7, 11) is 0. The molecule has 3 atom stereocenters. The topological polar surface area (TPSA) is 41.6 Å². The number of likely N-dealkylation sites (tertiary alicyclic amines) is 1. The minimum Gasteiger partial charge on any atom is -0.381 e. The van der Waals surface area contributed by atoms with E-state index in [-0.39, 0.29) is 11.4 Å². The highest BCUT2D eigenvalue weighted by atomic mass is 16.5. The van der Waals surface area contributed by atoms with Gasteiger partial charge in [-0.1, -0.05) is 43.2 Å². The number of amides is 1. The Kier molecular flexibility index (Phi) is 4.59. The number of benzene rings is 1. The standard InChI is InChI=1S/C20H28N2O2/c23-19(21-12-16-9-11-24-15-16)14-22-13-18-8-4-5-10-20(18,22)17-6-2-1-3-7-17/h1-3,6-7,16,18H,4-5,8-15H2,(H,21,23)/t16-,18+,20+/m1/s1. The van der Waals surface area contributed by atoms with E-state index in [1.54, 1.807) is 0 Å². The van der Waals surface area contributed by atoms with E-state index >= 15 is 0 Å². The zero-order valence-electron chi connectivity index (χ0n) is 14.4.